The highest BCUT2D eigenvalue weighted by atomic mass is 16.2. The highest BCUT2D eigenvalue weighted by Gasteiger charge is 2.37. The molecule has 2 N–H and O–H groups in total. The average Bonchev–Trinajstić information content (AvgIpc) is 3.05. The van der Waals surface area contributed by atoms with Gasteiger partial charge >= 0.3 is 0 Å². The van der Waals surface area contributed by atoms with Gasteiger partial charge in [0.25, 0.3) is 0 Å². The van der Waals surface area contributed by atoms with Crippen LogP contribution in [0.4, 0.5) is 0 Å². The van der Waals surface area contributed by atoms with E-state index in [0.717, 1.165) is 25.3 Å². The van der Waals surface area contributed by atoms with E-state index in [1.807, 2.05) is 11.9 Å². The molecule has 0 spiro atoms. The van der Waals surface area contributed by atoms with Crippen LogP contribution in [0.25, 0.3) is 0 Å². The maximum Gasteiger partial charge on any atom is 0.229 e. The van der Waals surface area contributed by atoms with E-state index >= 15 is 0 Å². The first-order chi connectivity index (χ1) is 7.09. The molecule has 0 heterocycles. The molecule has 0 radical (unpaired) electrons. The van der Waals surface area contributed by atoms with Gasteiger partial charge in [0, 0.05) is 20.1 Å². The van der Waals surface area contributed by atoms with Crippen LogP contribution in [-0.2, 0) is 4.79 Å². The Morgan fingerprint density at radius 3 is 2.27 bits per heavy atom. The molecule has 0 aliphatic heterocycles. The van der Waals surface area contributed by atoms with E-state index in [9.17, 15) is 4.79 Å². The molecule has 0 unspecified atom stereocenters. The number of nitrogens with zero attached hydrogens (tertiary/aromatic N) is 1. The number of rotatable bonds is 6. The van der Waals surface area contributed by atoms with Crippen LogP contribution in [0.5, 0.6) is 0 Å². The van der Waals surface area contributed by atoms with Crippen LogP contribution < -0.4 is 5.73 Å². The third kappa shape index (κ3) is 2.71. The SMILES string of the molecule is CCC(CC)(CN)C(=O)N(C)CC1CC1. The van der Waals surface area contributed by atoms with Gasteiger partial charge in [0.2, 0.25) is 5.91 Å². The number of hydrogen-bond acceptors (Lipinski definition) is 2. The van der Waals surface area contributed by atoms with Gasteiger partial charge in [0.05, 0.1) is 5.41 Å². The van der Waals surface area contributed by atoms with Crippen molar-refractivity contribution in [2.75, 3.05) is 20.1 Å². The largest absolute Gasteiger partial charge is 0.345 e. The average molecular weight is 212 g/mol. The Balaban J connectivity index is 2.60. The van der Waals surface area contributed by atoms with Gasteiger partial charge in [-0.05, 0) is 31.6 Å². The summed E-state index contributed by atoms with van der Waals surface area (Å²) < 4.78 is 0. The van der Waals surface area contributed by atoms with Crippen molar-refractivity contribution in [3.05, 3.63) is 0 Å². The van der Waals surface area contributed by atoms with Crippen molar-refractivity contribution in [2.45, 2.75) is 39.5 Å². The molecule has 1 rings (SSSR count). The topological polar surface area (TPSA) is 46.3 Å². The van der Waals surface area contributed by atoms with Crippen LogP contribution in [0.3, 0.4) is 0 Å². The minimum Gasteiger partial charge on any atom is -0.345 e. The minimum absolute atomic E-state index is 0.238. The van der Waals surface area contributed by atoms with Crippen molar-refractivity contribution in [3.63, 3.8) is 0 Å². The number of nitrogens with two attached hydrogens (primary N) is 1. The molecular weight excluding hydrogens is 188 g/mol. The summed E-state index contributed by atoms with van der Waals surface area (Å²) in [6, 6.07) is 0. The van der Waals surface area contributed by atoms with Crippen molar-refractivity contribution in [2.24, 2.45) is 17.1 Å². The first-order valence-electron chi connectivity index (χ1n) is 6.05. The molecular formula is C12H24N2O. The van der Waals surface area contributed by atoms with E-state index in [1.165, 1.54) is 12.8 Å². The van der Waals surface area contributed by atoms with Gasteiger partial charge in [-0.15, -0.1) is 0 Å². The van der Waals surface area contributed by atoms with Gasteiger partial charge in [-0.2, -0.15) is 0 Å². The van der Waals surface area contributed by atoms with E-state index < -0.39 is 0 Å². The highest BCUT2D eigenvalue weighted by molar-refractivity contribution is 5.82. The summed E-state index contributed by atoms with van der Waals surface area (Å²) in [6.45, 7) is 5.49. The lowest BCUT2D eigenvalue weighted by molar-refractivity contribution is -0.141. The molecule has 1 fully saturated rings. The predicted octanol–water partition coefficient (Wildman–Crippen LogP) is 1.62. The number of carbonyl (C=O) groups is 1. The summed E-state index contributed by atoms with van der Waals surface area (Å²) in [5.41, 5.74) is 5.45. The molecule has 15 heavy (non-hydrogen) atoms. The van der Waals surface area contributed by atoms with Gasteiger partial charge in [-0.25, -0.2) is 0 Å². The minimum atomic E-state index is -0.316. The summed E-state index contributed by atoms with van der Waals surface area (Å²) >= 11 is 0. The van der Waals surface area contributed by atoms with Gasteiger partial charge in [0.1, 0.15) is 0 Å². The fourth-order valence-electron chi connectivity index (χ4n) is 2.10. The molecule has 1 amide bonds. The molecule has 88 valence electrons. The normalized spacial score (nSPS) is 16.5. The van der Waals surface area contributed by atoms with Gasteiger partial charge in [-0.1, -0.05) is 13.8 Å². The maximum absolute atomic E-state index is 12.3. The summed E-state index contributed by atoms with van der Waals surface area (Å²) in [4.78, 5) is 14.2. The molecule has 1 aliphatic carbocycles. The van der Waals surface area contributed by atoms with Crippen LogP contribution in [0.1, 0.15) is 39.5 Å². The summed E-state index contributed by atoms with van der Waals surface area (Å²) in [6.07, 6.45) is 4.25. The quantitative estimate of drug-likeness (QED) is 0.727. The molecule has 1 saturated carbocycles. The molecule has 3 nitrogen and oxygen atoms in total. The van der Waals surface area contributed by atoms with E-state index in [1.54, 1.807) is 0 Å². The lowest BCUT2D eigenvalue weighted by Crippen LogP contribution is -2.46. The Hall–Kier alpha value is -0.570. The van der Waals surface area contributed by atoms with E-state index in [-0.39, 0.29) is 11.3 Å². The van der Waals surface area contributed by atoms with Gasteiger partial charge < -0.3 is 10.6 Å². The smallest absolute Gasteiger partial charge is 0.229 e. The molecule has 0 bridgehead atoms. The van der Waals surface area contributed by atoms with Crippen molar-refractivity contribution >= 4 is 5.91 Å². The molecule has 3 heteroatoms. The Bertz CT molecular complexity index is 211. The molecule has 0 aromatic rings. The molecule has 0 aromatic heterocycles. The van der Waals surface area contributed by atoms with E-state index in [0.29, 0.717) is 6.54 Å². The Morgan fingerprint density at radius 1 is 1.40 bits per heavy atom. The second-order valence-electron chi connectivity index (χ2n) is 4.82. The Kier molecular flexibility index (Phi) is 4.14. The van der Waals surface area contributed by atoms with Crippen LogP contribution in [0.15, 0.2) is 0 Å². The van der Waals surface area contributed by atoms with Crippen LogP contribution in [-0.4, -0.2) is 30.9 Å². The summed E-state index contributed by atoms with van der Waals surface area (Å²) in [5, 5.41) is 0. The third-order valence-corrected chi connectivity index (χ3v) is 3.77. The number of hydrogen-bond donors (Lipinski definition) is 1. The third-order valence-electron chi connectivity index (χ3n) is 3.77. The fraction of sp³-hybridized carbons (Fsp3) is 0.917. The Morgan fingerprint density at radius 2 is 1.93 bits per heavy atom. The first kappa shape index (κ1) is 12.5. The van der Waals surface area contributed by atoms with Crippen LogP contribution >= 0.6 is 0 Å². The van der Waals surface area contributed by atoms with E-state index in [2.05, 4.69) is 13.8 Å². The maximum atomic E-state index is 12.3. The van der Waals surface area contributed by atoms with Gasteiger partial charge in [0.15, 0.2) is 0 Å². The lowest BCUT2D eigenvalue weighted by atomic mass is 9.81. The predicted molar refractivity (Wildman–Crippen MR) is 62.4 cm³/mol. The summed E-state index contributed by atoms with van der Waals surface area (Å²) in [5.74, 6) is 0.991. The number of carbonyl (C=O) groups excluding carboxylic acids is 1. The van der Waals surface area contributed by atoms with Crippen molar-refractivity contribution in [1.29, 1.82) is 0 Å². The summed E-state index contributed by atoms with van der Waals surface area (Å²) in [7, 11) is 1.91. The zero-order valence-electron chi connectivity index (χ0n) is 10.3. The van der Waals surface area contributed by atoms with E-state index in [4.69, 9.17) is 5.73 Å². The molecule has 0 aromatic carbocycles. The monoisotopic (exact) mass is 212 g/mol. The standard InChI is InChI=1S/C12H24N2O/c1-4-12(5-2,9-13)11(15)14(3)8-10-6-7-10/h10H,4-9,13H2,1-3H3. The van der Waals surface area contributed by atoms with Crippen molar-refractivity contribution in [3.8, 4) is 0 Å². The van der Waals surface area contributed by atoms with Crippen molar-refractivity contribution < 1.29 is 4.79 Å². The lowest BCUT2D eigenvalue weighted by Gasteiger charge is -2.33. The Labute approximate surface area is 93.0 Å². The second-order valence-corrected chi connectivity index (χ2v) is 4.82. The van der Waals surface area contributed by atoms with Gasteiger partial charge in [-0.3, -0.25) is 4.79 Å². The van der Waals surface area contributed by atoms with Crippen LogP contribution in [0.2, 0.25) is 0 Å². The molecule has 0 atom stereocenters. The molecule has 0 saturated heterocycles. The second kappa shape index (κ2) is 4.97. The fourth-order valence-corrected chi connectivity index (χ4v) is 2.10. The number of amides is 1. The van der Waals surface area contributed by atoms with Crippen molar-refractivity contribution in [1.82, 2.24) is 4.90 Å². The molecule has 1 aliphatic rings. The first-order valence-corrected chi connectivity index (χ1v) is 6.05. The zero-order valence-corrected chi connectivity index (χ0v) is 10.3. The van der Waals surface area contributed by atoms with Crippen LogP contribution in [0, 0.1) is 11.3 Å². The zero-order chi connectivity index (χ0) is 11.5. The highest BCUT2D eigenvalue weighted by Crippen LogP contribution is 2.32.